The maximum atomic E-state index is 12.7. The van der Waals surface area contributed by atoms with E-state index in [0.717, 1.165) is 16.6 Å². The van der Waals surface area contributed by atoms with Gasteiger partial charge < -0.3 is 0 Å². The highest BCUT2D eigenvalue weighted by Gasteiger charge is 2.24. The van der Waals surface area contributed by atoms with Crippen LogP contribution in [-0.4, -0.2) is 22.8 Å². The third-order valence-corrected chi connectivity index (χ3v) is 4.98. The molecule has 2 nitrogen and oxygen atoms in total. The summed E-state index contributed by atoms with van der Waals surface area (Å²) in [6, 6.07) is 12.0. The van der Waals surface area contributed by atoms with Crippen molar-refractivity contribution in [2.75, 3.05) is 0 Å². The normalized spacial score (nSPS) is 12.9. The van der Waals surface area contributed by atoms with Crippen molar-refractivity contribution in [1.29, 1.82) is 0 Å². The first kappa shape index (κ1) is 16.4. The standard InChI is InChI=1S/C17H20BrNOS/c1-12(2)19(11-16-5-4-10-21-16)13(3)17(20)14-6-8-15(18)9-7-14/h4-10,12-13H,11H2,1-3H3. The molecule has 1 aromatic heterocycles. The number of rotatable bonds is 6. The third-order valence-electron chi connectivity index (χ3n) is 3.59. The molecule has 0 aliphatic carbocycles. The molecule has 0 radical (unpaired) electrons. The molecular weight excluding hydrogens is 346 g/mol. The largest absolute Gasteiger partial charge is 0.292 e. The highest BCUT2D eigenvalue weighted by Crippen LogP contribution is 2.19. The maximum absolute atomic E-state index is 12.7. The fourth-order valence-corrected chi connectivity index (χ4v) is 3.33. The van der Waals surface area contributed by atoms with Gasteiger partial charge in [0.05, 0.1) is 6.04 Å². The zero-order valence-electron chi connectivity index (χ0n) is 12.5. The summed E-state index contributed by atoms with van der Waals surface area (Å²) in [5.41, 5.74) is 0.766. The Kier molecular flexibility index (Phi) is 5.73. The number of hydrogen-bond acceptors (Lipinski definition) is 3. The van der Waals surface area contributed by atoms with E-state index in [2.05, 4.69) is 52.2 Å². The summed E-state index contributed by atoms with van der Waals surface area (Å²) in [7, 11) is 0. The molecule has 0 saturated carbocycles. The lowest BCUT2D eigenvalue weighted by Gasteiger charge is -2.31. The third kappa shape index (κ3) is 4.25. The number of benzene rings is 1. The molecule has 2 aromatic rings. The molecule has 1 unspecified atom stereocenters. The minimum Gasteiger partial charge on any atom is -0.292 e. The van der Waals surface area contributed by atoms with Gasteiger partial charge in [0.15, 0.2) is 5.78 Å². The average Bonchev–Trinajstić information content (AvgIpc) is 2.97. The highest BCUT2D eigenvalue weighted by molar-refractivity contribution is 9.10. The number of halogens is 1. The fourth-order valence-electron chi connectivity index (χ4n) is 2.36. The Balaban J connectivity index is 2.15. The van der Waals surface area contributed by atoms with Crippen molar-refractivity contribution in [2.45, 2.75) is 39.4 Å². The van der Waals surface area contributed by atoms with E-state index < -0.39 is 0 Å². The van der Waals surface area contributed by atoms with Gasteiger partial charge in [-0.15, -0.1) is 11.3 Å². The van der Waals surface area contributed by atoms with Crippen LogP contribution in [0.1, 0.15) is 36.0 Å². The van der Waals surface area contributed by atoms with Gasteiger partial charge in [-0.3, -0.25) is 9.69 Å². The van der Waals surface area contributed by atoms with Crippen molar-refractivity contribution >= 4 is 33.0 Å². The van der Waals surface area contributed by atoms with Gasteiger partial charge in [-0.1, -0.05) is 34.1 Å². The second-order valence-corrected chi connectivity index (χ2v) is 7.34. The molecule has 112 valence electrons. The van der Waals surface area contributed by atoms with Crippen LogP contribution < -0.4 is 0 Å². The van der Waals surface area contributed by atoms with Crippen molar-refractivity contribution in [3.05, 3.63) is 56.7 Å². The van der Waals surface area contributed by atoms with Gasteiger partial charge in [0, 0.05) is 27.5 Å². The van der Waals surface area contributed by atoms with Gasteiger partial charge in [0.25, 0.3) is 0 Å². The molecule has 0 bridgehead atoms. The maximum Gasteiger partial charge on any atom is 0.179 e. The molecule has 1 aromatic carbocycles. The highest BCUT2D eigenvalue weighted by atomic mass is 79.9. The summed E-state index contributed by atoms with van der Waals surface area (Å²) >= 11 is 5.14. The van der Waals surface area contributed by atoms with Crippen molar-refractivity contribution in [1.82, 2.24) is 4.90 Å². The molecule has 0 spiro atoms. The van der Waals surface area contributed by atoms with Crippen molar-refractivity contribution < 1.29 is 4.79 Å². The SMILES string of the molecule is CC(C)N(Cc1cccs1)C(C)C(=O)c1ccc(Br)cc1. The molecule has 0 N–H and O–H groups in total. The first-order valence-corrected chi connectivity index (χ1v) is 8.74. The summed E-state index contributed by atoms with van der Waals surface area (Å²) in [6.07, 6.45) is 0. The Labute approximate surface area is 138 Å². The molecule has 2 rings (SSSR count). The molecule has 0 fully saturated rings. The van der Waals surface area contributed by atoms with Gasteiger partial charge in [-0.05, 0) is 44.4 Å². The lowest BCUT2D eigenvalue weighted by atomic mass is 10.0. The number of nitrogens with zero attached hydrogens (tertiary/aromatic N) is 1. The molecule has 4 heteroatoms. The second-order valence-electron chi connectivity index (χ2n) is 5.39. The summed E-state index contributed by atoms with van der Waals surface area (Å²) in [6.45, 7) is 7.09. The molecule has 0 saturated heterocycles. The number of Topliss-reactive ketones (excluding diaryl/α,β-unsaturated/α-hetero) is 1. The van der Waals surface area contributed by atoms with E-state index in [1.165, 1.54) is 4.88 Å². The van der Waals surface area contributed by atoms with Crippen LogP contribution in [0.4, 0.5) is 0 Å². The first-order chi connectivity index (χ1) is 9.99. The van der Waals surface area contributed by atoms with Crippen LogP contribution in [0.25, 0.3) is 0 Å². The molecule has 0 aliphatic heterocycles. The minimum atomic E-state index is -0.131. The van der Waals surface area contributed by atoms with Gasteiger partial charge in [-0.25, -0.2) is 0 Å². The van der Waals surface area contributed by atoms with Gasteiger partial charge >= 0.3 is 0 Å². The summed E-state index contributed by atoms with van der Waals surface area (Å²) < 4.78 is 0.992. The Morgan fingerprint density at radius 1 is 1.19 bits per heavy atom. The summed E-state index contributed by atoms with van der Waals surface area (Å²) in [4.78, 5) is 16.2. The predicted octanol–water partition coefficient (Wildman–Crippen LogP) is 4.99. The van der Waals surface area contributed by atoms with E-state index >= 15 is 0 Å². The predicted molar refractivity (Wildman–Crippen MR) is 92.9 cm³/mol. The van der Waals surface area contributed by atoms with Crippen LogP contribution in [-0.2, 0) is 6.54 Å². The van der Waals surface area contributed by atoms with E-state index in [1.54, 1.807) is 11.3 Å². The quantitative estimate of drug-likeness (QED) is 0.671. The van der Waals surface area contributed by atoms with Crippen molar-refractivity contribution in [2.24, 2.45) is 0 Å². The van der Waals surface area contributed by atoms with E-state index in [-0.39, 0.29) is 11.8 Å². The van der Waals surface area contributed by atoms with Crippen LogP contribution in [0.3, 0.4) is 0 Å². The molecule has 21 heavy (non-hydrogen) atoms. The number of carbonyl (C=O) groups excluding carboxylic acids is 1. The molecular formula is C17H20BrNOS. The average molecular weight is 366 g/mol. The molecule has 0 aliphatic rings. The zero-order valence-corrected chi connectivity index (χ0v) is 14.9. The summed E-state index contributed by atoms with van der Waals surface area (Å²) in [5.74, 6) is 0.174. The van der Waals surface area contributed by atoms with Crippen molar-refractivity contribution in [3.8, 4) is 0 Å². The lowest BCUT2D eigenvalue weighted by Crippen LogP contribution is -2.42. The molecule has 1 atom stereocenters. The van der Waals surface area contributed by atoms with Crippen molar-refractivity contribution in [3.63, 3.8) is 0 Å². The zero-order chi connectivity index (χ0) is 15.4. The number of ketones is 1. The molecule has 1 heterocycles. The number of carbonyl (C=O) groups is 1. The van der Waals surface area contributed by atoms with Crippen LogP contribution in [0.15, 0.2) is 46.3 Å². The monoisotopic (exact) mass is 365 g/mol. The van der Waals surface area contributed by atoms with Crippen LogP contribution in [0.2, 0.25) is 0 Å². The van der Waals surface area contributed by atoms with Gasteiger partial charge in [-0.2, -0.15) is 0 Å². The Bertz CT molecular complexity index is 577. The van der Waals surface area contributed by atoms with Crippen LogP contribution >= 0.6 is 27.3 Å². The number of hydrogen-bond donors (Lipinski definition) is 0. The van der Waals surface area contributed by atoms with E-state index in [9.17, 15) is 4.79 Å². The molecule has 0 amide bonds. The van der Waals surface area contributed by atoms with E-state index in [0.29, 0.717) is 6.04 Å². The van der Waals surface area contributed by atoms with Crippen LogP contribution in [0.5, 0.6) is 0 Å². The number of thiophene rings is 1. The van der Waals surface area contributed by atoms with E-state index in [4.69, 9.17) is 0 Å². The summed E-state index contributed by atoms with van der Waals surface area (Å²) in [5, 5.41) is 2.08. The lowest BCUT2D eigenvalue weighted by molar-refractivity contribution is 0.0775. The second kappa shape index (κ2) is 7.34. The first-order valence-electron chi connectivity index (χ1n) is 7.07. The van der Waals surface area contributed by atoms with E-state index in [1.807, 2.05) is 31.2 Å². The smallest absolute Gasteiger partial charge is 0.179 e. The minimum absolute atomic E-state index is 0.131. The van der Waals surface area contributed by atoms with Gasteiger partial charge in [0.2, 0.25) is 0 Å². The van der Waals surface area contributed by atoms with Gasteiger partial charge in [0.1, 0.15) is 0 Å². The Morgan fingerprint density at radius 2 is 1.86 bits per heavy atom. The van der Waals surface area contributed by atoms with Crippen LogP contribution in [0, 0.1) is 0 Å². The fraction of sp³-hybridized carbons (Fsp3) is 0.353. The Morgan fingerprint density at radius 3 is 2.38 bits per heavy atom. The Hall–Kier alpha value is -0.970. The topological polar surface area (TPSA) is 20.3 Å².